The molecule has 0 radical (unpaired) electrons. The maximum atomic E-state index is 13.6. The van der Waals surface area contributed by atoms with Crippen molar-refractivity contribution in [3.05, 3.63) is 47.5 Å². The molecule has 0 aliphatic heterocycles. The summed E-state index contributed by atoms with van der Waals surface area (Å²) in [6.45, 7) is 3.46. The van der Waals surface area contributed by atoms with Crippen LogP contribution in [0.4, 0.5) is 8.78 Å². The lowest BCUT2D eigenvalue weighted by molar-refractivity contribution is 0.580. The summed E-state index contributed by atoms with van der Waals surface area (Å²) in [5, 5.41) is 13.9. The molecule has 8 heteroatoms. The van der Waals surface area contributed by atoms with Gasteiger partial charge in [0.2, 0.25) is 0 Å². The summed E-state index contributed by atoms with van der Waals surface area (Å²) in [7, 11) is 1.62. The molecule has 0 atom stereocenters. The Hall–Kier alpha value is -2.51. The Bertz CT molecular complexity index is 668. The number of aromatic nitrogens is 3. The number of guanidine groups is 1. The highest BCUT2D eigenvalue weighted by Crippen LogP contribution is 2.09. The van der Waals surface area contributed by atoms with Gasteiger partial charge < -0.3 is 15.2 Å². The minimum Gasteiger partial charge on any atom is -0.355 e. The normalized spacial score (nSPS) is 11.6. The van der Waals surface area contributed by atoms with Crippen molar-refractivity contribution in [2.45, 2.75) is 26.4 Å². The highest BCUT2D eigenvalue weighted by Gasteiger charge is 2.06. The van der Waals surface area contributed by atoms with E-state index in [4.69, 9.17) is 0 Å². The van der Waals surface area contributed by atoms with Crippen LogP contribution in [-0.4, -0.2) is 34.3 Å². The minimum absolute atomic E-state index is 0.149. The van der Waals surface area contributed by atoms with Gasteiger partial charge in [-0.3, -0.25) is 4.99 Å². The molecule has 0 saturated heterocycles. The second kappa shape index (κ2) is 8.21. The number of aryl methyl sites for hydroxylation is 1. The zero-order chi connectivity index (χ0) is 16.7. The number of aliphatic imine (C=N–C) groups is 1. The molecule has 1 aromatic heterocycles. The topological polar surface area (TPSA) is 67.1 Å². The number of benzene rings is 1. The van der Waals surface area contributed by atoms with Crippen molar-refractivity contribution in [2.24, 2.45) is 4.99 Å². The van der Waals surface area contributed by atoms with Crippen LogP contribution in [0.25, 0.3) is 0 Å². The van der Waals surface area contributed by atoms with Crippen molar-refractivity contribution in [1.82, 2.24) is 25.4 Å². The highest BCUT2D eigenvalue weighted by atomic mass is 19.1. The van der Waals surface area contributed by atoms with E-state index in [0.717, 1.165) is 24.4 Å². The molecule has 0 fully saturated rings. The first-order valence-electron chi connectivity index (χ1n) is 7.39. The molecule has 124 valence electrons. The SMILES string of the molecule is CCc1nncn1CCNC(=NC)NCc1cc(F)ccc1F. The van der Waals surface area contributed by atoms with E-state index >= 15 is 0 Å². The van der Waals surface area contributed by atoms with Gasteiger partial charge in [0.15, 0.2) is 5.96 Å². The number of halogens is 2. The van der Waals surface area contributed by atoms with Crippen molar-refractivity contribution in [3.8, 4) is 0 Å². The first-order valence-corrected chi connectivity index (χ1v) is 7.39. The summed E-state index contributed by atoms with van der Waals surface area (Å²) in [5.41, 5.74) is 0.250. The highest BCUT2D eigenvalue weighted by molar-refractivity contribution is 5.79. The Morgan fingerprint density at radius 2 is 2.13 bits per heavy atom. The summed E-state index contributed by atoms with van der Waals surface area (Å²) in [6, 6.07) is 3.37. The van der Waals surface area contributed by atoms with Crippen LogP contribution in [0.2, 0.25) is 0 Å². The Kier molecular flexibility index (Phi) is 6.02. The Morgan fingerprint density at radius 3 is 2.87 bits per heavy atom. The Balaban J connectivity index is 1.83. The van der Waals surface area contributed by atoms with E-state index in [0.29, 0.717) is 19.0 Å². The van der Waals surface area contributed by atoms with E-state index in [-0.39, 0.29) is 12.1 Å². The zero-order valence-electron chi connectivity index (χ0n) is 13.2. The van der Waals surface area contributed by atoms with Crippen molar-refractivity contribution in [1.29, 1.82) is 0 Å². The van der Waals surface area contributed by atoms with Crippen molar-refractivity contribution in [2.75, 3.05) is 13.6 Å². The van der Waals surface area contributed by atoms with E-state index in [2.05, 4.69) is 25.8 Å². The second-order valence-corrected chi connectivity index (χ2v) is 4.88. The van der Waals surface area contributed by atoms with E-state index in [9.17, 15) is 8.78 Å². The first kappa shape index (κ1) is 16.9. The number of hydrogen-bond donors (Lipinski definition) is 2. The standard InChI is InChI=1S/C15H20F2N6/c1-3-14-22-21-10-23(14)7-6-19-15(18-2)20-9-11-8-12(16)4-5-13(11)17/h4-5,8,10H,3,6-7,9H2,1-2H3,(H2,18,19,20). The molecule has 0 saturated carbocycles. The maximum Gasteiger partial charge on any atom is 0.191 e. The second-order valence-electron chi connectivity index (χ2n) is 4.88. The van der Waals surface area contributed by atoms with E-state index in [1.54, 1.807) is 13.4 Å². The number of nitrogens with zero attached hydrogens (tertiary/aromatic N) is 4. The van der Waals surface area contributed by atoms with Crippen molar-refractivity contribution < 1.29 is 8.78 Å². The summed E-state index contributed by atoms with van der Waals surface area (Å²) in [6.07, 6.45) is 2.49. The van der Waals surface area contributed by atoms with Gasteiger partial charge in [-0.1, -0.05) is 6.92 Å². The third-order valence-electron chi connectivity index (χ3n) is 3.33. The van der Waals surface area contributed by atoms with Gasteiger partial charge in [-0.05, 0) is 18.2 Å². The van der Waals surface area contributed by atoms with Crippen LogP contribution in [0, 0.1) is 11.6 Å². The molecule has 6 nitrogen and oxygen atoms in total. The van der Waals surface area contributed by atoms with Gasteiger partial charge in [-0.15, -0.1) is 10.2 Å². The molecule has 0 bridgehead atoms. The number of rotatable bonds is 6. The van der Waals surface area contributed by atoms with Crippen molar-refractivity contribution in [3.63, 3.8) is 0 Å². The van der Waals surface area contributed by atoms with Gasteiger partial charge in [0.25, 0.3) is 0 Å². The zero-order valence-corrected chi connectivity index (χ0v) is 13.2. The smallest absolute Gasteiger partial charge is 0.191 e. The molecule has 0 aliphatic carbocycles. The van der Waals surface area contributed by atoms with Crippen LogP contribution in [-0.2, 0) is 19.5 Å². The number of hydrogen-bond acceptors (Lipinski definition) is 3. The van der Waals surface area contributed by atoms with Crippen LogP contribution in [0.1, 0.15) is 18.3 Å². The molecular formula is C15H20F2N6. The van der Waals surface area contributed by atoms with Gasteiger partial charge in [-0.25, -0.2) is 8.78 Å². The molecule has 0 amide bonds. The fourth-order valence-corrected chi connectivity index (χ4v) is 2.11. The molecule has 23 heavy (non-hydrogen) atoms. The summed E-state index contributed by atoms with van der Waals surface area (Å²) >= 11 is 0. The molecule has 1 heterocycles. The largest absolute Gasteiger partial charge is 0.355 e. The average Bonchev–Trinajstić information content (AvgIpc) is 3.01. The fourth-order valence-electron chi connectivity index (χ4n) is 2.11. The molecule has 2 aromatic rings. The van der Waals surface area contributed by atoms with E-state index in [1.165, 1.54) is 6.07 Å². The Morgan fingerprint density at radius 1 is 1.30 bits per heavy atom. The quantitative estimate of drug-likeness (QED) is 0.624. The third kappa shape index (κ3) is 4.73. The lowest BCUT2D eigenvalue weighted by Crippen LogP contribution is -2.38. The van der Waals surface area contributed by atoms with Crippen LogP contribution in [0.3, 0.4) is 0 Å². The van der Waals surface area contributed by atoms with Gasteiger partial charge in [0.05, 0.1) is 0 Å². The monoisotopic (exact) mass is 322 g/mol. The maximum absolute atomic E-state index is 13.6. The summed E-state index contributed by atoms with van der Waals surface area (Å²) < 4.78 is 28.6. The van der Waals surface area contributed by atoms with Crippen LogP contribution in [0.15, 0.2) is 29.5 Å². The lowest BCUT2D eigenvalue weighted by atomic mass is 10.2. The van der Waals surface area contributed by atoms with Crippen LogP contribution >= 0.6 is 0 Å². The predicted octanol–water partition coefficient (Wildman–Crippen LogP) is 1.48. The summed E-state index contributed by atoms with van der Waals surface area (Å²) in [4.78, 5) is 4.05. The van der Waals surface area contributed by atoms with Gasteiger partial charge >= 0.3 is 0 Å². The van der Waals surface area contributed by atoms with E-state index in [1.807, 2.05) is 11.5 Å². The minimum atomic E-state index is -0.467. The van der Waals surface area contributed by atoms with Gasteiger partial charge in [-0.2, -0.15) is 0 Å². The fraction of sp³-hybridized carbons (Fsp3) is 0.400. The molecule has 2 rings (SSSR count). The third-order valence-corrected chi connectivity index (χ3v) is 3.33. The van der Waals surface area contributed by atoms with Crippen molar-refractivity contribution >= 4 is 5.96 Å². The lowest BCUT2D eigenvalue weighted by Gasteiger charge is -2.13. The number of nitrogens with one attached hydrogen (secondary N) is 2. The molecule has 0 aliphatic rings. The molecule has 1 aromatic carbocycles. The first-order chi connectivity index (χ1) is 11.1. The molecular weight excluding hydrogens is 302 g/mol. The van der Waals surface area contributed by atoms with E-state index < -0.39 is 11.6 Å². The predicted molar refractivity (Wildman–Crippen MR) is 84.0 cm³/mol. The van der Waals surface area contributed by atoms with Gasteiger partial charge in [0, 0.05) is 38.7 Å². The molecule has 0 spiro atoms. The Labute approximate surface area is 133 Å². The summed E-state index contributed by atoms with van der Waals surface area (Å²) in [5.74, 6) is 0.508. The van der Waals surface area contributed by atoms with Gasteiger partial charge in [0.1, 0.15) is 23.8 Å². The molecule has 0 unspecified atom stereocenters. The molecule has 2 N–H and O–H groups in total. The average molecular weight is 322 g/mol. The van der Waals surface area contributed by atoms with Crippen LogP contribution < -0.4 is 10.6 Å². The van der Waals surface area contributed by atoms with Crippen LogP contribution in [0.5, 0.6) is 0 Å².